The molecule has 0 fully saturated rings. The Bertz CT molecular complexity index is 2890. The predicted octanol–water partition coefficient (Wildman–Crippen LogP) is 13.7. The van der Waals surface area contributed by atoms with Gasteiger partial charge in [0.15, 0.2) is 7.28 Å². The number of nitrogens with one attached hydrogen (secondary N) is 1. The third kappa shape index (κ3) is 6.54. The maximum Gasteiger partial charge on any atom is 0.198 e. The normalized spacial score (nSPS) is 14.8. The molecule has 1 N–H and O–H groups in total. The second-order valence-corrected chi connectivity index (χ2v) is 18.3. The Labute approximate surface area is 350 Å². The van der Waals surface area contributed by atoms with Crippen LogP contribution in [0, 0.1) is 13.8 Å². The topological polar surface area (TPSA) is 15.3 Å². The van der Waals surface area contributed by atoms with E-state index < -0.39 is 0 Å². The summed E-state index contributed by atoms with van der Waals surface area (Å²) in [6.07, 6.45) is 2.37. The van der Waals surface area contributed by atoms with Crippen molar-refractivity contribution >= 4 is 57.4 Å². The second kappa shape index (κ2) is 14.2. The number of nitrogens with zero attached hydrogens (tertiary/aromatic N) is 1. The van der Waals surface area contributed by atoms with Gasteiger partial charge in [-0.2, -0.15) is 0 Å². The van der Waals surface area contributed by atoms with Gasteiger partial charge in [-0.05, 0) is 140 Å². The maximum atomic E-state index is 3.91. The lowest BCUT2D eigenvalue weighted by molar-refractivity contribution is 0.332. The van der Waals surface area contributed by atoms with Crippen molar-refractivity contribution in [3.8, 4) is 33.4 Å². The van der Waals surface area contributed by atoms with E-state index in [0.29, 0.717) is 0 Å². The zero-order valence-corrected chi connectivity index (χ0v) is 35.2. The molecule has 0 saturated heterocycles. The van der Waals surface area contributed by atoms with Crippen LogP contribution >= 0.6 is 0 Å². The van der Waals surface area contributed by atoms with E-state index in [2.05, 4.69) is 216 Å². The van der Waals surface area contributed by atoms with Gasteiger partial charge in [-0.3, -0.25) is 0 Å². The van der Waals surface area contributed by atoms with Crippen LogP contribution in [0.1, 0.15) is 62.8 Å². The van der Waals surface area contributed by atoms with Gasteiger partial charge in [0, 0.05) is 34.0 Å². The van der Waals surface area contributed by atoms with E-state index in [1.165, 1.54) is 107 Å². The van der Waals surface area contributed by atoms with Crippen LogP contribution in [-0.4, -0.2) is 7.28 Å². The van der Waals surface area contributed by atoms with Crippen molar-refractivity contribution in [2.75, 3.05) is 10.2 Å². The summed E-state index contributed by atoms with van der Waals surface area (Å²) >= 11 is 0. The summed E-state index contributed by atoms with van der Waals surface area (Å²) in [7, 11) is 0.854. The average Bonchev–Trinajstić information content (AvgIpc) is 3.25. The van der Waals surface area contributed by atoms with Gasteiger partial charge in [-0.15, -0.1) is 0 Å². The van der Waals surface area contributed by atoms with Gasteiger partial charge in [0.1, 0.15) is 0 Å². The van der Waals surface area contributed by atoms with Crippen molar-refractivity contribution in [3.63, 3.8) is 0 Å². The third-order valence-electron chi connectivity index (χ3n) is 13.3. The Balaban J connectivity index is 1.20. The first-order valence-electron chi connectivity index (χ1n) is 21.3. The van der Waals surface area contributed by atoms with Crippen LogP contribution in [0.3, 0.4) is 0 Å². The maximum absolute atomic E-state index is 3.91. The van der Waals surface area contributed by atoms with Crippen molar-refractivity contribution in [1.82, 2.24) is 0 Å². The lowest BCUT2D eigenvalue weighted by Crippen LogP contribution is -2.44. The molecule has 0 atom stereocenters. The molecule has 0 amide bonds. The summed E-state index contributed by atoms with van der Waals surface area (Å²) in [6.45, 7) is 14.3. The van der Waals surface area contributed by atoms with E-state index in [-0.39, 0.29) is 10.8 Å². The number of rotatable bonds is 6. The van der Waals surface area contributed by atoms with E-state index in [1.54, 1.807) is 0 Å². The first-order chi connectivity index (χ1) is 28.5. The summed E-state index contributed by atoms with van der Waals surface area (Å²) in [4.78, 5) is 2.62. The summed E-state index contributed by atoms with van der Waals surface area (Å²) in [5, 5.41) is 6.40. The molecule has 1 aliphatic heterocycles. The number of hydrogen-bond donors (Lipinski definition) is 1. The van der Waals surface area contributed by atoms with Crippen molar-refractivity contribution < 1.29 is 0 Å². The molecule has 0 bridgehead atoms. The molecular formula is C56H51BN2. The molecule has 0 aromatic heterocycles. The monoisotopic (exact) mass is 762 g/mol. The van der Waals surface area contributed by atoms with Crippen LogP contribution in [0.4, 0.5) is 28.4 Å². The predicted molar refractivity (Wildman–Crippen MR) is 256 cm³/mol. The highest BCUT2D eigenvalue weighted by atomic mass is 15.2. The number of benzene rings is 8. The van der Waals surface area contributed by atoms with Crippen molar-refractivity contribution in [3.05, 3.63) is 186 Å². The minimum absolute atomic E-state index is 0.0906. The van der Waals surface area contributed by atoms with Crippen LogP contribution in [0.2, 0.25) is 0 Å². The number of fused-ring (bicyclic) bond motifs is 4. The minimum Gasteiger partial charge on any atom is -0.355 e. The number of hydrogen-bond acceptors (Lipinski definition) is 2. The van der Waals surface area contributed by atoms with Crippen molar-refractivity contribution in [1.29, 1.82) is 0 Å². The summed E-state index contributed by atoms with van der Waals surface area (Å²) < 4.78 is 0. The minimum atomic E-state index is 0.0906. The van der Waals surface area contributed by atoms with Gasteiger partial charge in [-0.25, -0.2) is 0 Å². The number of aryl methyl sites for hydroxylation is 2. The molecule has 0 radical (unpaired) electrons. The summed E-state index contributed by atoms with van der Waals surface area (Å²) in [6, 6.07) is 60.8. The fourth-order valence-electron chi connectivity index (χ4n) is 9.84. The molecular weight excluding hydrogens is 711 g/mol. The van der Waals surface area contributed by atoms with Gasteiger partial charge in [0.05, 0.1) is 0 Å². The van der Waals surface area contributed by atoms with Crippen molar-refractivity contribution in [2.24, 2.45) is 0 Å². The van der Waals surface area contributed by atoms with E-state index in [9.17, 15) is 0 Å². The molecule has 10 rings (SSSR count). The molecule has 8 aromatic carbocycles. The van der Waals surface area contributed by atoms with Crippen molar-refractivity contribution in [2.45, 2.75) is 65.2 Å². The van der Waals surface area contributed by atoms with Crippen LogP contribution in [0.5, 0.6) is 0 Å². The zero-order valence-electron chi connectivity index (χ0n) is 35.2. The van der Waals surface area contributed by atoms with E-state index >= 15 is 0 Å². The van der Waals surface area contributed by atoms with Gasteiger partial charge < -0.3 is 10.2 Å². The first-order valence-corrected chi connectivity index (χ1v) is 21.3. The van der Waals surface area contributed by atoms with E-state index in [4.69, 9.17) is 0 Å². The quantitative estimate of drug-likeness (QED) is 0.170. The van der Waals surface area contributed by atoms with Crippen LogP contribution < -0.4 is 21.1 Å². The fourth-order valence-corrected chi connectivity index (χ4v) is 9.84. The molecule has 0 unspecified atom stereocenters. The zero-order chi connectivity index (χ0) is 40.5. The lowest BCUT2D eigenvalue weighted by atomic mass is 9.55. The number of anilines is 5. The Morgan fingerprint density at radius 3 is 1.85 bits per heavy atom. The smallest absolute Gasteiger partial charge is 0.198 e. The van der Waals surface area contributed by atoms with Crippen LogP contribution in [-0.2, 0) is 10.8 Å². The molecule has 59 heavy (non-hydrogen) atoms. The molecule has 0 spiro atoms. The molecule has 3 heteroatoms. The Morgan fingerprint density at radius 2 is 1.14 bits per heavy atom. The van der Waals surface area contributed by atoms with Gasteiger partial charge in [0.2, 0.25) is 0 Å². The molecule has 1 heterocycles. The highest BCUT2D eigenvalue weighted by Gasteiger charge is 2.40. The Morgan fingerprint density at radius 1 is 0.525 bits per heavy atom. The van der Waals surface area contributed by atoms with E-state index in [1.807, 2.05) is 0 Å². The highest BCUT2D eigenvalue weighted by molar-refractivity contribution is 6.73. The van der Waals surface area contributed by atoms with Gasteiger partial charge in [0.25, 0.3) is 0 Å². The van der Waals surface area contributed by atoms with Gasteiger partial charge in [-0.1, -0.05) is 161 Å². The van der Waals surface area contributed by atoms with Crippen LogP contribution in [0.25, 0.3) is 44.2 Å². The van der Waals surface area contributed by atoms with Gasteiger partial charge >= 0.3 is 0 Å². The molecule has 0 saturated carbocycles. The molecule has 288 valence electrons. The summed E-state index contributed by atoms with van der Waals surface area (Å²) in [5.41, 5.74) is 21.8. The third-order valence-corrected chi connectivity index (χ3v) is 13.3. The van der Waals surface area contributed by atoms with E-state index in [0.717, 1.165) is 18.7 Å². The lowest BCUT2D eigenvalue weighted by Gasteiger charge is -2.44. The SMILES string of the molecule is Cc1cc(-c2c(Nc3ccc(-c4ccccc4)cc3)ccc3ccccc23)c2c(c1)N(c1cc(-c3ccccc3)ccc1C)c1cc3c(cc1B2)C(C)(C)CCC3(C)C. The largest absolute Gasteiger partial charge is 0.355 e. The molecule has 1 aliphatic carbocycles. The average molecular weight is 763 g/mol. The Hall–Kier alpha value is -6.32. The second-order valence-electron chi connectivity index (χ2n) is 18.3. The fraction of sp³-hybridized carbons (Fsp3) is 0.179. The Kier molecular flexibility index (Phi) is 8.90. The molecule has 8 aromatic rings. The summed E-state index contributed by atoms with van der Waals surface area (Å²) in [5.74, 6) is 0. The highest BCUT2D eigenvalue weighted by Crippen LogP contribution is 2.49. The standard InChI is InChI=1S/C56H51BN2/c1-36-31-45(53-44-20-14-13-19-41(44)25-28-49(53)58-43-26-23-40(24-27-43)38-15-9-7-10-16-38)54-52(32-36)59(50-33-42(22-21-37(50)2)39-17-11-8-12-18-39)51-35-47-46(34-48(51)57-54)55(3,4)29-30-56(47,5)6/h7-28,31-35,57-58H,29-30H2,1-6H3. The molecule has 2 aliphatic rings. The van der Waals surface area contributed by atoms with Crippen LogP contribution in [0.15, 0.2) is 164 Å². The molecule has 2 nitrogen and oxygen atoms in total. The first kappa shape index (κ1) is 37.0.